The zero-order valence-corrected chi connectivity index (χ0v) is 34.2. The summed E-state index contributed by atoms with van der Waals surface area (Å²) in [6, 6.07) is 17.7. The van der Waals surface area contributed by atoms with Crippen LogP contribution in [0.2, 0.25) is 0 Å². The molecule has 0 bridgehead atoms. The number of aryl methyl sites for hydroxylation is 1. The molecule has 6 heterocycles. The molecule has 0 spiro atoms. The van der Waals surface area contributed by atoms with Gasteiger partial charge in [-0.05, 0) is 84.5 Å². The van der Waals surface area contributed by atoms with Gasteiger partial charge < -0.3 is 39.2 Å². The lowest BCUT2D eigenvalue weighted by molar-refractivity contribution is -0.123. The van der Waals surface area contributed by atoms with Crippen molar-refractivity contribution in [3.63, 3.8) is 0 Å². The number of amides is 1. The van der Waals surface area contributed by atoms with E-state index in [1.165, 1.54) is 10.6 Å². The number of nitrogens with one attached hydrogen (secondary N) is 2. The van der Waals surface area contributed by atoms with Crippen molar-refractivity contribution in [2.45, 2.75) is 71.8 Å². The highest BCUT2D eigenvalue weighted by atomic mass is 16.5. The number of nitrogens with zero attached hydrogens (tertiary/aromatic N) is 5. The maximum absolute atomic E-state index is 13.8. The molecule has 312 valence electrons. The van der Waals surface area contributed by atoms with Gasteiger partial charge >= 0.3 is 5.69 Å². The molecule has 1 amide bonds. The first kappa shape index (κ1) is 39.3. The normalized spacial score (nSPS) is 15.5. The van der Waals surface area contributed by atoms with Crippen molar-refractivity contribution in [2.24, 2.45) is 0 Å². The molecule has 1 unspecified atom stereocenters. The number of aromatic nitrogens is 6. The Bertz CT molecular complexity index is 3080. The van der Waals surface area contributed by atoms with Gasteiger partial charge in [-0.25, -0.2) is 19.4 Å². The molecule has 3 aromatic carbocycles. The standard InChI is InChI=1S/C46H45N7O8/c1-6-29-31-17-28(9-10-36(31)48-42-33(29)21-52-38(42)19-35-34(44(52)57)22-60-25(5)46(35,59)7-2)61-23-41(56)47-13-15-51-14-12-26-16-27(8-11-37(26)51)53-43(49-50-45(53)58)32-18-30(24(3)4)39(54)20-40(32)55/h8-12,14,16-20,24,54-55,59H,5-7,13,15,21-23H2,1-4H3,(H,47,56)(H,50,58). The lowest BCUT2D eigenvalue weighted by atomic mass is 9.84. The number of rotatable bonds is 11. The van der Waals surface area contributed by atoms with Crippen molar-refractivity contribution in [1.29, 1.82) is 0 Å². The zero-order valence-electron chi connectivity index (χ0n) is 34.2. The molecule has 2 aliphatic rings. The van der Waals surface area contributed by atoms with Gasteiger partial charge in [0.25, 0.3) is 11.5 Å². The monoisotopic (exact) mass is 823 g/mol. The van der Waals surface area contributed by atoms with Crippen molar-refractivity contribution >= 4 is 27.7 Å². The molecular formula is C46H45N7O8. The van der Waals surface area contributed by atoms with Gasteiger partial charge in [-0.1, -0.05) is 34.3 Å². The van der Waals surface area contributed by atoms with Crippen LogP contribution in [0.4, 0.5) is 0 Å². The molecule has 5 N–H and O–H groups in total. The molecule has 7 aromatic rings. The Morgan fingerprint density at radius 1 is 1.05 bits per heavy atom. The van der Waals surface area contributed by atoms with E-state index in [0.29, 0.717) is 77.6 Å². The number of pyridine rings is 2. The van der Waals surface area contributed by atoms with E-state index >= 15 is 0 Å². The van der Waals surface area contributed by atoms with Gasteiger partial charge in [-0.3, -0.25) is 9.59 Å². The molecule has 15 heteroatoms. The minimum atomic E-state index is -1.46. The summed E-state index contributed by atoms with van der Waals surface area (Å²) in [5.74, 6) is 0.399. The van der Waals surface area contributed by atoms with Crippen LogP contribution in [0.25, 0.3) is 50.3 Å². The molecule has 0 fully saturated rings. The lowest BCUT2D eigenvalue weighted by Crippen LogP contribution is -2.38. The van der Waals surface area contributed by atoms with Crippen molar-refractivity contribution < 1.29 is 29.6 Å². The molecule has 1 atom stereocenters. The second-order valence-corrected chi connectivity index (χ2v) is 15.9. The number of phenolic OH excluding ortho intramolecular Hbond substituents is 2. The third kappa shape index (κ3) is 6.43. The van der Waals surface area contributed by atoms with Crippen LogP contribution in [0.3, 0.4) is 0 Å². The van der Waals surface area contributed by atoms with E-state index in [-0.39, 0.29) is 53.7 Å². The number of ether oxygens (including phenoxy) is 2. The first-order valence-corrected chi connectivity index (χ1v) is 20.3. The third-order valence-electron chi connectivity index (χ3n) is 12.0. The Labute approximate surface area is 349 Å². The van der Waals surface area contributed by atoms with Gasteiger partial charge in [-0.15, -0.1) is 0 Å². The molecule has 4 aromatic heterocycles. The summed E-state index contributed by atoms with van der Waals surface area (Å²) in [6.45, 7) is 12.7. The molecule has 61 heavy (non-hydrogen) atoms. The van der Waals surface area contributed by atoms with Crippen LogP contribution in [0, 0.1) is 0 Å². The number of carbonyl (C=O) groups is 1. The highest BCUT2D eigenvalue weighted by Crippen LogP contribution is 2.43. The van der Waals surface area contributed by atoms with E-state index in [1.54, 1.807) is 22.8 Å². The fraction of sp³-hybridized carbons (Fsp3) is 0.283. The molecule has 2 aliphatic heterocycles. The number of H-pyrrole nitrogens is 1. The smallest absolute Gasteiger partial charge is 0.348 e. The number of aromatic hydroxyl groups is 2. The first-order chi connectivity index (χ1) is 29.3. The van der Waals surface area contributed by atoms with E-state index < -0.39 is 11.3 Å². The summed E-state index contributed by atoms with van der Waals surface area (Å²) in [6.07, 6.45) is 2.89. The Morgan fingerprint density at radius 3 is 2.64 bits per heavy atom. The second kappa shape index (κ2) is 14.9. The van der Waals surface area contributed by atoms with Crippen LogP contribution in [-0.4, -0.2) is 63.3 Å². The number of carbonyl (C=O) groups excluding carboxylic acids is 1. The number of hydrogen-bond donors (Lipinski definition) is 5. The van der Waals surface area contributed by atoms with Crippen molar-refractivity contribution in [3.05, 3.63) is 128 Å². The van der Waals surface area contributed by atoms with Crippen LogP contribution >= 0.6 is 0 Å². The molecule has 9 rings (SSSR count). The Hall–Kier alpha value is -7.13. The minimum Gasteiger partial charge on any atom is -0.508 e. The summed E-state index contributed by atoms with van der Waals surface area (Å²) >= 11 is 0. The fourth-order valence-corrected chi connectivity index (χ4v) is 8.74. The van der Waals surface area contributed by atoms with Crippen LogP contribution in [0.1, 0.15) is 67.9 Å². The predicted molar refractivity (Wildman–Crippen MR) is 229 cm³/mol. The number of benzene rings is 3. The Balaban J connectivity index is 0.874. The highest BCUT2D eigenvalue weighted by Gasteiger charge is 2.41. The summed E-state index contributed by atoms with van der Waals surface area (Å²) in [5.41, 5.74) is 5.19. The van der Waals surface area contributed by atoms with E-state index in [2.05, 4.69) is 29.0 Å². The van der Waals surface area contributed by atoms with Crippen molar-refractivity contribution in [1.82, 2.24) is 34.2 Å². The van der Waals surface area contributed by atoms with Gasteiger partial charge in [0.15, 0.2) is 12.4 Å². The lowest BCUT2D eigenvalue weighted by Gasteiger charge is -2.35. The van der Waals surface area contributed by atoms with Gasteiger partial charge in [-0.2, -0.15) is 5.10 Å². The molecule has 0 aliphatic carbocycles. The minimum absolute atomic E-state index is 0.0301. The summed E-state index contributed by atoms with van der Waals surface area (Å²) in [7, 11) is 0. The third-order valence-corrected chi connectivity index (χ3v) is 12.0. The predicted octanol–water partition coefficient (Wildman–Crippen LogP) is 5.85. The van der Waals surface area contributed by atoms with Gasteiger partial charge in [0.1, 0.15) is 35.2 Å². The van der Waals surface area contributed by atoms with Crippen LogP contribution < -0.4 is 21.3 Å². The van der Waals surface area contributed by atoms with Gasteiger partial charge in [0, 0.05) is 52.8 Å². The van der Waals surface area contributed by atoms with E-state index in [0.717, 1.165) is 32.9 Å². The SMILES string of the molecule is C=C1OCc2c(cc3n(c2=O)Cc2c-3nc3ccc(OCC(=O)NCCn4ccc5cc(-n6c(-c7cc(C(C)C)c(O)cc7O)n[nH]c6=O)ccc54)cc3c2CC)C1(O)CC. The van der Waals surface area contributed by atoms with Crippen LogP contribution in [0.5, 0.6) is 17.2 Å². The Kier molecular flexibility index (Phi) is 9.58. The van der Waals surface area contributed by atoms with E-state index in [4.69, 9.17) is 14.5 Å². The quantitative estimate of drug-likeness (QED) is 0.105. The summed E-state index contributed by atoms with van der Waals surface area (Å²) in [5, 5.41) is 43.9. The largest absolute Gasteiger partial charge is 0.508 e. The van der Waals surface area contributed by atoms with Crippen molar-refractivity contribution in [2.75, 3.05) is 13.2 Å². The van der Waals surface area contributed by atoms with E-state index in [9.17, 15) is 29.7 Å². The number of hydrogen-bond acceptors (Lipinski definition) is 10. The number of phenols is 2. The highest BCUT2D eigenvalue weighted by molar-refractivity contribution is 5.89. The average molecular weight is 824 g/mol. The summed E-state index contributed by atoms with van der Waals surface area (Å²) < 4.78 is 16.7. The molecule has 0 saturated carbocycles. The number of fused-ring (bicyclic) bond motifs is 6. The van der Waals surface area contributed by atoms with Gasteiger partial charge in [0.05, 0.1) is 40.3 Å². The topological polar surface area (TPSA) is 199 Å². The second-order valence-electron chi connectivity index (χ2n) is 15.9. The molecular weight excluding hydrogens is 779 g/mol. The number of aliphatic hydroxyl groups is 1. The fourth-order valence-electron chi connectivity index (χ4n) is 8.74. The maximum Gasteiger partial charge on any atom is 0.348 e. The van der Waals surface area contributed by atoms with Crippen molar-refractivity contribution in [3.8, 4) is 45.7 Å². The molecule has 15 nitrogen and oxygen atoms in total. The van der Waals surface area contributed by atoms with E-state index in [1.807, 2.05) is 67.9 Å². The van der Waals surface area contributed by atoms with Crippen LogP contribution in [0.15, 0.2) is 88.8 Å². The summed E-state index contributed by atoms with van der Waals surface area (Å²) in [4.78, 5) is 44.7. The molecule has 0 radical (unpaired) electrons. The maximum atomic E-state index is 13.8. The number of aromatic amines is 1. The Morgan fingerprint density at radius 2 is 1.87 bits per heavy atom. The average Bonchev–Trinajstić information content (AvgIpc) is 3.95. The van der Waals surface area contributed by atoms with Gasteiger partial charge in [0.2, 0.25) is 0 Å². The zero-order chi connectivity index (χ0) is 42.9. The van der Waals surface area contributed by atoms with Crippen LogP contribution in [-0.2, 0) is 41.2 Å². The molecule has 0 saturated heterocycles. The first-order valence-electron chi connectivity index (χ1n) is 20.3.